The molecule has 1 N–H and O–H groups in total. The van der Waals surface area contributed by atoms with E-state index >= 15 is 0 Å². The summed E-state index contributed by atoms with van der Waals surface area (Å²) >= 11 is 6.20. The lowest BCUT2D eigenvalue weighted by atomic mass is 9.82. The first-order chi connectivity index (χ1) is 11.5. The Balaban J connectivity index is 2.33. The van der Waals surface area contributed by atoms with Crippen LogP contribution in [0, 0.1) is 0 Å². The number of rotatable bonds is 1. The highest BCUT2D eigenvalue weighted by Gasteiger charge is 2.31. The van der Waals surface area contributed by atoms with Gasteiger partial charge in [0.2, 0.25) is 0 Å². The molecule has 0 bridgehead atoms. The van der Waals surface area contributed by atoms with E-state index in [1.54, 1.807) is 36.4 Å². The first-order valence-corrected chi connectivity index (χ1v) is 7.53. The molecule has 0 saturated carbocycles. The molecular weight excluding hydrogens is 330 g/mol. The molecule has 1 aliphatic carbocycles. The van der Waals surface area contributed by atoms with E-state index in [2.05, 4.69) is 4.98 Å². The van der Waals surface area contributed by atoms with Gasteiger partial charge >= 0.3 is 5.97 Å². The Morgan fingerprint density at radius 3 is 2.46 bits per heavy atom. The second kappa shape index (κ2) is 5.04. The topological polar surface area (TPSA) is 76.2 Å². The minimum Gasteiger partial charge on any atom is -0.465 e. The van der Waals surface area contributed by atoms with Crippen LogP contribution >= 0.6 is 11.6 Å². The highest BCUT2D eigenvalue weighted by atomic mass is 35.5. The van der Waals surface area contributed by atoms with Gasteiger partial charge in [-0.3, -0.25) is 9.59 Å². The van der Waals surface area contributed by atoms with Crippen molar-refractivity contribution >= 4 is 34.3 Å². The van der Waals surface area contributed by atoms with Crippen molar-refractivity contribution in [1.29, 1.82) is 0 Å². The molecule has 1 aromatic heterocycles. The van der Waals surface area contributed by atoms with Crippen LogP contribution < -0.4 is 5.56 Å². The average Bonchev–Trinajstić information content (AvgIpc) is 2.60. The molecule has 24 heavy (non-hydrogen) atoms. The van der Waals surface area contributed by atoms with Crippen molar-refractivity contribution in [2.45, 2.75) is 0 Å². The Morgan fingerprint density at radius 1 is 1.04 bits per heavy atom. The first kappa shape index (κ1) is 14.7. The fourth-order valence-electron chi connectivity index (χ4n) is 3.17. The third kappa shape index (κ3) is 1.79. The molecule has 6 heteroatoms. The average molecular weight is 340 g/mol. The van der Waals surface area contributed by atoms with Crippen LogP contribution in [-0.2, 0) is 4.74 Å². The summed E-state index contributed by atoms with van der Waals surface area (Å²) in [5, 5.41) is 0.766. The lowest BCUT2D eigenvalue weighted by Gasteiger charge is -2.21. The van der Waals surface area contributed by atoms with Crippen molar-refractivity contribution in [3.05, 3.63) is 68.5 Å². The predicted octanol–water partition coefficient (Wildman–Crippen LogP) is 3.18. The quantitative estimate of drug-likeness (QED) is 0.540. The number of aromatic amines is 1. The number of fused-ring (bicyclic) bond motifs is 2. The van der Waals surface area contributed by atoms with Gasteiger partial charge in [0.05, 0.1) is 17.6 Å². The van der Waals surface area contributed by atoms with Gasteiger partial charge in [0.25, 0.3) is 5.56 Å². The van der Waals surface area contributed by atoms with Gasteiger partial charge in [-0.15, -0.1) is 0 Å². The summed E-state index contributed by atoms with van der Waals surface area (Å²) in [5.74, 6) is -0.939. The number of carbonyl (C=O) groups is 2. The highest BCUT2D eigenvalue weighted by molar-refractivity contribution is 6.38. The van der Waals surface area contributed by atoms with E-state index in [1.807, 2.05) is 0 Å². The summed E-state index contributed by atoms with van der Waals surface area (Å²) in [6.07, 6.45) is 0. The van der Waals surface area contributed by atoms with Crippen molar-refractivity contribution in [2.75, 3.05) is 7.11 Å². The molecule has 3 aromatic rings. The Kier molecular flexibility index (Phi) is 3.08. The third-order valence-electron chi connectivity index (χ3n) is 4.20. The number of pyridine rings is 1. The molecule has 5 nitrogen and oxygen atoms in total. The van der Waals surface area contributed by atoms with Crippen LogP contribution in [0.15, 0.2) is 41.2 Å². The summed E-state index contributed by atoms with van der Waals surface area (Å²) in [6.45, 7) is 0. The molecule has 0 atom stereocenters. The number of carbonyl (C=O) groups excluding carboxylic acids is 2. The third-order valence-corrected chi connectivity index (χ3v) is 4.51. The molecule has 1 aliphatic rings. The molecule has 0 amide bonds. The van der Waals surface area contributed by atoms with Crippen LogP contribution in [0.1, 0.15) is 26.3 Å². The van der Waals surface area contributed by atoms with Gasteiger partial charge in [-0.25, -0.2) is 4.79 Å². The van der Waals surface area contributed by atoms with Gasteiger partial charge in [0, 0.05) is 22.1 Å². The van der Waals surface area contributed by atoms with Crippen LogP contribution in [0.5, 0.6) is 0 Å². The molecule has 0 unspecified atom stereocenters. The monoisotopic (exact) mass is 339 g/mol. The number of methoxy groups -OCH3 is 1. The molecule has 0 spiro atoms. The van der Waals surface area contributed by atoms with Crippen molar-refractivity contribution in [3.63, 3.8) is 0 Å². The summed E-state index contributed by atoms with van der Waals surface area (Å²) in [7, 11) is 1.21. The second-order valence-corrected chi connectivity index (χ2v) is 5.82. The minimum absolute atomic E-state index is 0.131. The molecule has 2 aromatic carbocycles. The highest BCUT2D eigenvalue weighted by Crippen LogP contribution is 2.41. The van der Waals surface area contributed by atoms with Crippen LogP contribution in [0.25, 0.3) is 22.0 Å². The Hall–Kier alpha value is -2.92. The van der Waals surface area contributed by atoms with Crippen LogP contribution in [-0.4, -0.2) is 23.8 Å². The summed E-state index contributed by atoms with van der Waals surface area (Å²) < 4.78 is 4.77. The zero-order valence-electron chi connectivity index (χ0n) is 12.5. The molecule has 1 heterocycles. The summed E-state index contributed by atoms with van der Waals surface area (Å²) in [4.78, 5) is 40.1. The van der Waals surface area contributed by atoms with E-state index in [4.69, 9.17) is 16.3 Å². The van der Waals surface area contributed by atoms with Crippen molar-refractivity contribution in [3.8, 4) is 11.1 Å². The Labute approximate surface area is 140 Å². The zero-order chi connectivity index (χ0) is 17.0. The number of hydrogen-bond acceptors (Lipinski definition) is 4. The summed E-state index contributed by atoms with van der Waals surface area (Å²) in [5.41, 5.74) is 1.33. The lowest BCUT2D eigenvalue weighted by Crippen LogP contribution is -2.24. The smallest absolute Gasteiger partial charge is 0.344 e. The van der Waals surface area contributed by atoms with Gasteiger partial charge in [-0.05, 0) is 17.7 Å². The fraction of sp³-hybridized carbons (Fsp3) is 0.0556. The molecule has 0 aliphatic heterocycles. The number of aromatic nitrogens is 1. The largest absolute Gasteiger partial charge is 0.465 e. The SMILES string of the molecule is COC(=O)c1c2c3c(ccc(Cl)c3[nH]c1=O)C(=O)c1ccccc1-2. The van der Waals surface area contributed by atoms with E-state index in [9.17, 15) is 14.4 Å². The maximum atomic E-state index is 12.8. The lowest BCUT2D eigenvalue weighted by molar-refractivity contribution is 0.0599. The van der Waals surface area contributed by atoms with Gasteiger partial charge < -0.3 is 9.72 Å². The van der Waals surface area contributed by atoms with E-state index in [-0.39, 0.29) is 11.3 Å². The van der Waals surface area contributed by atoms with Gasteiger partial charge in [0.15, 0.2) is 5.78 Å². The van der Waals surface area contributed by atoms with Gasteiger partial charge in [-0.2, -0.15) is 0 Å². The number of ketones is 1. The van der Waals surface area contributed by atoms with E-state index in [0.717, 1.165) is 0 Å². The number of benzene rings is 2. The number of nitrogens with one attached hydrogen (secondary N) is 1. The van der Waals surface area contributed by atoms with Crippen molar-refractivity contribution in [1.82, 2.24) is 4.98 Å². The first-order valence-electron chi connectivity index (χ1n) is 7.15. The van der Waals surface area contributed by atoms with Crippen molar-refractivity contribution < 1.29 is 14.3 Å². The molecule has 0 saturated heterocycles. The minimum atomic E-state index is -0.761. The predicted molar refractivity (Wildman–Crippen MR) is 89.8 cm³/mol. The molecule has 4 rings (SSSR count). The normalized spacial score (nSPS) is 12.2. The van der Waals surface area contributed by atoms with E-state index < -0.39 is 11.5 Å². The molecule has 0 fully saturated rings. The number of halogens is 1. The second-order valence-electron chi connectivity index (χ2n) is 5.42. The van der Waals surface area contributed by atoms with Crippen molar-refractivity contribution in [2.24, 2.45) is 0 Å². The number of esters is 1. The number of ether oxygens (including phenoxy) is 1. The maximum Gasteiger partial charge on any atom is 0.344 e. The van der Waals surface area contributed by atoms with Crippen LogP contribution in [0.3, 0.4) is 0 Å². The standard InChI is InChI=1S/C18H10ClNO4/c1-24-18(23)14-12-8-4-2-3-5-9(8)16(21)10-6-7-11(19)15(13(10)12)20-17(14)22/h2-7H,1H3,(H,20,22). The van der Waals surface area contributed by atoms with Crippen LogP contribution in [0.4, 0.5) is 0 Å². The fourth-order valence-corrected chi connectivity index (χ4v) is 3.38. The number of hydrogen-bond donors (Lipinski definition) is 1. The van der Waals surface area contributed by atoms with E-state index in [0.29, 0.717) is 38.2 Å². The molecule has 118 valence electrons. The Morgan fingerprint density at radius 2 is 1.75 bits per heavy atom. The van der Waals surface area contributed by atoms with E-state index in [1.165, 1.54) is 7.11 Å². The van der Waals surface area contributed by atoms with Gasteiger partial charge in [0.1, 0.15) is 5.56 Å². The number of H-pyrrole nitrogens is 1. The zero-order valence-corrected chi connectivity index (χ0v) is 13.2. The molecule has 0 radical (unpaired) electrons. The maximum absolute atomic E-state index is 12.8. The van der Waals surface area contributed by atoms with Crippen LogP contribution in [0.2, 0.25) is 5.02 Å². The summed E-state index contributed by atoms with van der Waals surface area (Å²) in [6, 6.07) is 10.0. The molecular formula is C18H10ClNO4. The Bertz CT molecular complexity index is 1110. The van der Waals surface area contributed by atoms with Gasteiger partial charge in [-0.1, -0.05) is 35.9 Å².